The van der Waals surface area contributed by atoms with Crippen LogP contribution in [-0.4, -0.2) is 20.6 Å². The normalized spacial score (nSPS) is 11.0. The fourth-order valence-electron chi connectivity index (χ4n) is 3.10. The van der Waals surface area contributed by atoms with Gasteiger partial charge in [0.15, 0.2) is 0 Å². The number of benzene rings is 2. The zero-order chi connectivity index (χ0) is 20.5. The van der Waals surface area contributed by atoms with Crippen molar-refractivity contribution in [1.82, 2.24) is 14.7 Å². The van der Waals surface area contributed by atoms with Crippen molar-refractivity contribution >= 4 is 34.3 Å². The van der Waals surface area contributed by atoms with Crippen molar-refractivity contribution in [3.63, 3.8) is 0 Å². The molecule has 4 rings (SSSR count). The van der Waals surface area contributed by atoms with E-state index in [1.54, 1.807) is 24.3 Å². The van der Waals surface area contributed by atoms with Crippen LogP contribution in [0.3, 0.4) is 0 Å². The summed E-state index contributed by atoms with van der Waals surface area (Å²) >= 11 is 5.92. The van der Waals surface area contributed by atoms with Crippen molar-refractivity contribution < 1.29 is 9.32 Å². The summed E-state index contributed by atoms with van der Waals surface area (Å²) in [7, 11) is 0. The highest BCUT2D eigenvalue weighted by atomic mass is 35.5. The van der Waals surface area contributed by atoms with Gasteiger partial charge in [0.05, 0.1) is 0 Å². The summed E-state index contributed by atoms with van der Waals surface area (Å²) in [5.41, 5.74) is 3.50. The predicted octanol–water partition coefficient (Wildman–Crippen LogP) is 3.96. The third-order valence-corrected chi connectivity index (χ3v) is 4.80. The maximum absolute atomic E-state index is 13.0. The van der Waals surface area contributed by atoms with E-state index in [-0.39, 0.29) is 23.6 Å². The fourth-order valence-corrected chi connectivity index (χ4v) is 3.22. The largest absolute Gasteiger partial charge is 0.335 e. The minimum Gasteiger partial charge on any atom is -0.335 e. The molecule has 2 aromatic carbocycles. The van der Waals surface area contributed by atoms with Crippen molar-refractivity contribution in [2.24, 2.45) is 0 Å². The highest BCUT2D eigenvalue weighted by Gasteiger charge is 2.18. The Morgan fingerprint density at radius 3 is 2.66 bits per heavy atom. The molecule has 0 unspecified atom stereocenters. The highest BCUT2D eigenvalue weighted by Crippen LogP contribution is 2.25. The second kappa shape index (κ2) is 7.52. The first-order valence-corrected chi connectivity index (χ1v) is 9.28. The minimum atomic E-state index is -0.406. The predicted molar refractivity (Wildman–Crippen MR) is 111 cm³/mol. The summed E-state index contributed by atoms with van der Waals surface area (Å²) in [6, 6.07) is 12.6. The Kier molecular flexibility index (Phi) is 4.90. The van der Waals surface area contributed by atoms with E-state index in [9.17, 15) is 9.59 Å². The molecule has 2 aromatic heterocycles. The van der Waals surface area contributed by atoms with E-state index in [0.29, 0.717) is 22.0 Å². The number of nitrogens with zero attached hydrogens (tertiary/aromatic N) is 3. The van der Waals surface area contributed by atoms with E-state index in [1.165, 1.54) is 10.9 Å². The number of halogens is 1. The summed E-state index contributed by atoms with van der Waals surface area (Å²) in [5, 5.41) is 7.58. The van der Waals surface area contributed by atoms with Gasteiger partial charge in [-0.2, -0.15) is 0 Å². The number of aryl methyl sites for hydroxylation is 2. The molecule has 1 amide bonds. The van der Waals surface area contributed by atoms with E-state index < -0.39 is 5.56 Å². The third kappa shape index (κ3) is 3.77. The molecule has 7 nitrogen and oxygen atoms in total. The molecule has 0 aliphatic heterocycles. The van der Waals surface area contributed by atoms with Gasteiger partial charge in [0.1, 0.15) is 24.0 Å². The van der Waals surface area contributed by atoms with Crippen LogP contribution in [0.25, 0.3) is 22.4 Å². The molecule has 0 saturated heterocycles. The number of fused-ring (bicyclic) bond motifs is 1. The number of anilines is 1. The molecule has 1 N–H and O–H groups in total. The van der Waals surface area contributed by atoms with Crippen molar-refractivity contribution in [2.75, 3.05) is 5.32 Å². The lowest BCUT2D eigenvalue weighted by Gasteiger charge is -2.10. The van der Waals surface area contributed by atoms with Gasteiger partial charge in [-0.1, -0.05) is 46.6 Å². The number of aromatic nitrogens is 3. The Morgan fingerprint density at radius 2 is 1.93 bits per heavy atom. The Labute approximate surface area is 170 Å². The maximum Gasteiger partial charge on any atom is 0.267 e. The molecular weight excluding hydrogens is 392 g/mol. The summed E-state index contributed by atoms with van der Waals surface area (Å²) in [6.07, 6.45) is 1.28. The molecular formula is C21H17ClN4O3. The molecule has 0 spiro atoms. The van der Waals surface area contributed by atoms with Crippen LogP contribution in [0.5, 0.6) is 0 Å². The van der Waals surface area contributed by atoms with E-state index in [4.69, 9.17) is 16.1 Å². The SMILES string of the molecule is Cc1ccc(NC(=O)Cn2cnc3onc(-c4ccc(Cl)cc4)c3c2=O)c(C)c1. The van der Waals surface area contributed by atoms with Crippen LogP contribution in [0.15, 0.2) is 58.1 Å². The van der Waals surface area contributed by atoms with Crippen LogP contribution >= 0.6 is 11.6 Å². The molecule has 0 saturated carbocycles. The van der Waals surface area contributed by atoms with Crippen LogP contribution in [-0.2, 0) is 11.3 Å². The van der Waals surface area contributed by atoms with Gasteiger partial charge >= 0.3 is 0 Å². The molecule has 0 bridgehead atoms. The lowest BCUT2D eigenvalue weighted by atomic mass is 10.1. The van der Waals surface area contributed by atoms with Gasteiger partial charge in [0.2, 0.25) is 5.91 Å². The van der Waals surface area contributed by atoms with Gasteiger partial charge in [0, 0.05) is 16.3 Å². The van der Waals surface area contributed by atoms with Gasteiger partial charge in [-0.05, 0) is 37.6 Å². The van der Waals surface area contributed by atoms with Gasteiger partial charge in [-0.25, -0.2) is 4.98 Å². The lowest BCUT2D eigenvalue weighted by Crippen LogP contribution is -2.28. The monoisotopic (exact) mass is 408 g/mol. The first kappa shape index (κ1) is 18.9. The Morgan fingerprint density at radius 1 is 1.17 bits per heavy atom. The third-order valence-electron chi connectivity index (χ3n) is 4.55. The van der Waals surface area contributed by atoms with Crippen molar-refractivity contribution in [2.45, 2.75) is 20.4 Å². The number of hydrogen-bond acceptors (Lipinski definition) is 5. The van der Waals surface area contributed by atoms with E-state index in [1.807, 2.05) is 32.0 Å². The number of nitrogens with one attached hydrogen (secondary N) is 1. The molecule has 8 heteroatoms. The van der Waals surface area contributed by atoms with Crippen LogP contribution < -0.4 is 10.9 Å². The van der Waals surface area contributed by atoms with Gasteiger partial charge in [-0.3, -0.25) is 14.2 Å². The Balaban J connectivity index is 1.65. The van der Waals surface area contributed by atoms with Crippen LogP contribution in [0.4, 0.5) is 5.69 Å². The average molecular weight is 409 g/mol. The lowest BCUT2D eigenvalue weighted by molar-refractivity contribution is -0.116. The first-order chi connectivity index (χ1) is 13.9. The molecule has 4 aromatic rings. The molecule has 146 valence electrons. The molecule has 0 aliphatic carbocycles. The zero-order valence-corrected chi connectivity index (χ0v) is 16.5. The topological polar surface area (TPSA) is 90.0 Å². The van der Waals surface area contributed by atoms with E-state index in [2.05, 4.69) is 15.5 Å². The van der Waals surface area contributed by atoms with Crippen molar-refractivity contribution in [3.8, 4) is 11.3 Å². The van der Waals surface area contributed by atoms with Gasteiger partial charge in [0.25, 0.3) is 11.3 Å². The average Bonchev–Trinajstić information content (AvgIpc) is 3.12. The summed E-state index contributed by atoms with van der Waals surface area (Å²) in [4.78, 5) is 29.6. The van der Waals surface area contributed by atoms with Gasteiger partial charge < -0.3 is 9.84 Å². The standard InChI is InChI=1S/C21H17ClN4O3/c1-12-3-8-16(13(2)9-12)24-17(27)10-26-11-23-20-18(21(26)28)19(25-29-20)14-4-6-15(22)7-5-14/h3-9,11H,10H2,1-2H3,(H,24,27). The van der Waals surface area contributed by atoms with Crippen molar-refractivity contribution in [1.29, 1.82) is 0 Å². The van der Waals surface area contributed by atoms with E-state index in [0.717, 1.165) is 11.1 Å². The number of carbonyl (C=O) groups excluding carboxylic acids is 1. The molecule has 0 aliphatic rings. The molecule has 29 heavy (non-hydrogen) atoms. The van der Waals surface area contributed by atoms with Crippen molar-refractivity contribution in [3.05, 3.63) is 75.3 Å². The molecule has 0 radical (unpaired) electrons. The highest BCUT2D eigenvalue weighted by molar-refractivity contribution is 6.30. The summed E-state index contributed by atoms with van der Waals surface area (Å²) in [6.45, 7) is 3.72. The smallest absolute Gasteiger partial charge is 0.267 e. The number of rotatable bonds is 4. The van der Waals surface area contributed by atoms with Crippen LogP contribution in [0, 0.1) is 13.8 Å². The minimum absolute atomic E-state index is 0.117. The molecule has 0 atom stereocenters. The fraction of sp³-hybridized carbons (Fsp3) is 0.143. The second-order valence-electron chi connectivity index (χ2n) is 6.76. The summed E-state index contributed by atoms with van der Waals surface area (Å²) < 4.78 is 6.42. The summed E-state index contributed by atoms with van der Waals surface area (Å²) in [5.74, 6) is -0.329. The number of carbonyl (C=O) groups is 1. The zero-order valence-electron chi connectivity index (χ0n) is 15.8. The number of hydrogen-bond donors (Lipinski definition) is 1. The number of amides is 1. The quantitative estimate of drug-likeness (QED) is 0.552. The maximum atomic E-state index is 13.0. The molecule has 0 fully saturated rings. The second-order valence-corrected chi connectivity index (χ2v) is 7.20. The first-order valence-electron chi connectivity index (χ1n) is 8.90. The Bertz CT molecular complexity index is 1280. The Hall–Kier alpha value is -3.45. The van der Waals surface area contributed by atoms with Crippen LogP contribution in [0.1, 0.15) is 11.1 Å². The van der Waals surface area contributed by atoms with Gasteiger partial charge in [-0.15, -0.1) is 0 Å². The van der Waals surface area contributed by atoms with Crippen LogP contribution in [0.2, 0.25) is 5.02 Å². The van der Waals surface area contributed by atoms with E-state index >= 15 is 0 Å². The molecule has 2 heterocycles.